The molecule has 1 unspecified atom stereocenters. The Morgan fingerprint density at radius 2 is 2.00 bits per heavy atom. The molecule has 0 aromatic heterocycles. The number of anilines is 1. The van der Waals surface area contributed by atoms with Crippen LogP contribution in [0.4, 0.5) is 5.69 Å². The molecular formula is C15H17NO3. The molecule has 1 heterocycles. The van der Waals surface area contributed by atoms with Crippen LogP contribution < -0.4 is 4.90 Å². The number of fused-ring (bicyclic) bond motifs is 1. The highest BCUT2D eigenvalue weighted by molar-refractivity contribution is 6.52. The number of benzene rings is 1. The second-order valence-electron chi connectivity index (χ2n) is 5.02. The minimum Gasteiger partial charge on any atom is -0.297 e. The highest BCUT2D eigenvalue weighted by Crippen LogP contribution is 2.29. The summed E-state index contributed by atoms with van der Waals surface area (Å²) in [6.45, 7) is 5.61. The number of rotatable bonds is 4. The van der Waals surface area contributed by atoms with E-state index >= 15 is 0 Å². The minimum atomic E-state index is -0.600. The van der Waals surface area contributed by atoms with Crippen molar-refractivity contribution in [3.63, 3.8) is 0 Å². The van der Waals surface area contributed by atoms with Gasteiger partial charge in [-0.15, -0.1) is 0 Å². The quantitative estimate of drug-likeness (QED) is 0.778. The van der Waals surface area contributed by atoms with E-state index in [4.69, 9.17) is 0 Å². The SMILES string of the molecule is CCC(C)C(=O)CN1C(=O)C(=O)c2cc(C)ccc21. The van der Waals surface area contributed by atoms with E-state index in [0.29, 0.717) is 11.3 Å². The monoisotopic (exact) mass is 259 g/mol. The molecule has 19 heavy (non-hydrogen) atoms. The van der Waals surface area contributed by atoms with Gasteiger partial charge in [-0.25, -0.2) is 0 Å². The number of Topliss-reactive ketones (excluding diaryl/α,β-unsaturated/α-hetero) is 2. The summed E-state index contributed by atoms with van der Waals surface area (Å²) in [5.74, 6) is -1.23. The van der Waals surface area contributed by atoms with E-state index in [1.54, 1.807) is 12.1 Å². The zero-order valence-electron chi connectivity index (χ0n) is 11.4. The Hall–Kier alpha value is -1.97. The van der Waals surface area contributed by atoms with Crippen LogP contribution in [-0.2, 0) is 9.59 Å². The highest BCUT2D eigenvalue weighted by atomic mass is 16.2. The van der Waals surface area contributed by atoms with E-state index in [0.717, 1.165) is 12.0 Å². The van der Waals surface area contributed by atoms with Crippen molar-refractivity contribution in [2.45, 2.75) is 27.2 Å². The normalized spacial score (nSPS) is 15.6. The lowest BCUT2D eigenvalue weighted by Gasteiger charge is -2.17. The standard InChI is InChI=1S/C15H17NO3/c1-4-10(3)13(17)8-16-12-6-5-9(2)7-11(12)14(18)15(16)19/h5-7,10H,4,8H2,1-3H3. The summed E-state index contributed by atoms with van der Waals surface area (Å²) in [4.78, 5) is 37.1. The molecule has 1 aliphatic heterocycles. The number of hydrogen-bond acceptors (Lipinski definition) is 3. The first-order chi connectivity index (χ1) is 8.95. The molecule has 1 aromatic carbocycles. The summed E-state index contributed by atoms with van der Waals surface area (Å²) in [6, 6.07) is 5.27. The largest absolute Gasteiger partial charge is 0.299 e. The number of carbonyl (C=O) groups excluding carboxylic acids is 3. The Balaban J connectivity index is 2.31. The van der Waals surface area contributed by atoms with Crippen molar-refractivity contribution in [2.75, 3.05) is 11.4 Å². The summed E-state index contributed by atoms with van der Waals surface area (Å²) in [6.07, 6.45) is 0.732. The molecule has 0 saturated carbocycles. The van der Waals surface area contributed by atoms with Gasteiger partial charge >= 0.3 is 0 Å². The van der Waals surface area contributed by atoms with E-state index in [1.807, 2.05) is 26.8 Å². The maximum absolute atomic E-state index is 12.0. The third-order valence-electron chi connectivity index (χ3n) is 3.60. The van der Waals surface area contributed by atoms with E-state index in [9.17, 15) is 14.4 Å². The predicted octanol–water partition coefficient (Wildman–Crippen LogP) is 2.14. The minimum absolute atomic E-state index is 0.0166. The van der Waals surface area contributed by atoms with Crippen molar-refractivity contribution >= 4 is 23.2 Å². The first kappa shape index (κ1) is 13.5. The van der Waals surface area contributed by atoms with E-state index in [-0.39, 0.29) is 18.2 Å². The number of hydrogen-bond donors (Lipinski definition) is 0. The molecule has 1 amide bonds. The Morgan fingerprint density at radius 3 is 2.63 bits per heavy atom. The molecular weight excluding hydrogens is 242 g/mol. The lowest BCUT2D eigenvalue weighted by molar-refractivity contribution is -0.123. The molecule has 4 nitrogen and oxygen atoms in total. The number of carbonyl (C=O) groups is 3. The second-order valence-corrected chi connectivity index (χ2v) is 5.02. The van der Waals surface area contributed by atoms with Gasteiger partial charge in [-0.05, 0) is 25.5 Å². The fraction of sp³-hybridized carbons (Fsp3) is 0.400. The predicted molar refractivity (Wildman–Crippen MR) is 72.3 cm³/mol. The van der Waals surface area contributed by atoms with Crippen molar-refractivity contribution in [1.29, 1.82) is 0 Å². The molecule has 0 bridgehead atoms. The van der Waals surface area contributed by atoms with Crippen molar-refractivity contribution < 1.29 is 14.4 Å². The molecule has 1 atom stereocenters. The third kappa shape index (κ3) is 2.30. The van der Waals surface area contributed by atoms with E-state index in [2.05, 4.69) is 0 Å². The highest BCUT2D eigenvalue weighted by Gasteiger charge is 2.37. The average Bonchev–Trinajstić information content (AvgIpc) is 2.62. The van der Waals surface area contributed by atoms with Gasteiger partial charge in [-0.1, -0.05) is 25.5 Å². The van der Waals surface area contributed by atoms with Crippen LogP contribution in [0.15, 0.2) is 18.2 Å². The summed E-state index contributed by atoms with van der Waals surface area (Å²) < 4.78 is 0. The van der Waals surface area contributed by atoms with Crippen LogP contribution in [0, 0.1) is 12.8 Å². The van der Waals surface area contributed by atoms with Gasteiger partial charge in [-0.2, -0.15) is 0 Å². The summed E-state index contributed by atoms with van der Waals surface area (Å²) in [5.41, 5.74) is 1.88. The van der Waals surface area contributed by atoms with Gasteiger partial charge in [0.25, 0.3) is 11.7 Å². The molecule has 2 rings (SSSR count). The van der Waals surface area contributed by atoms with Crippen LogP contribution in [0.1, 0.15) is 36.2 Å². The molecule has 100 valence electrons. The van der Waals surface area contributed by atoms with Crippen LogP contribution in [0.3, 0.4) is 0 Å². The van der Waals surface area contributed by atoms with Gasteiger partial charge in [0.1, 0.15) is 0 Å². The smallest absolute Gasteiger partial charge is 0.297 e. The molecule has 0 radical (unpaired) electrons. The number of ketones is 2. The van der Waals surface area contributed by atoms with Gasteiger partial charge < -0.3 is 0 Å². The number of aryl methyl sites for hydroxylation is 1. The molecule has 0 fully saturated rings. The maximum atomic E-state index is 12.0. The van der Waals surface area contributed by atoms with Crippen LogP contribution >= 0.6 is 0 Å². The first-order valence-corrected chi connectivity index (χ1v) is 6.45. The van der Waals surface area contributed by atoms with Gasteiger partial charge in [-0.3, -0.25) is 19.3 Å². The maximum Gasteiger partial charge on any atom is 0.299 e. The van der Waals surface area contributed by atoms with Crippen molar-refractivity contribution in [2.24, 2.45) is 5.92 Å². The molecule has 1 aromatic rings. The zero-order chi connectivity index (χ0) is 14.2. The Morgan fingerprint density at radius 1 is 1.32 bits per heavy atom. The second kappa shape index (κ2) is 4.96. The van der Waals surface area contributed by atoms with Crippen molar-refractivity contribution in [3.05, 3.63) is 29.3 Å². The Bertz CT molecular complexity index is 563. The van der Waals surface area contributed by atoms with E-state index in [1.165, 1.54) is 4.90 Å². The summed E-state index contributed by atoms with van der Waals surface area (Å²) in [5, 5.41) is 0. The fourth-order valence-electron chi connectivity index (χ4n) is 2.11. The van der Waals surface area contributed by atoms with Gasteiger partial charge in [0.15, 0.2) is 5.78 Å². The molecule has 0 saturated heterocycles. The topological polar surface area (TPSA) is 54.5 Å². The Kier molecular flexibility index (Phi) is 3.51. The Labute approximate surface area is 112 Å². The lowest BCUT2D eigenvalue weighted by atomic mass is 10.0. The van der Waals surface area contributed by atoms with Crippen LogP contribution in [0.5, 0.6) is 0 Å². The van der Waals surface area contributed by atoms with Crippen LogP contribution in [0.25, 0.3) is 0 Å². The number of amides is 1. The van der Waals surface area contributed by atoms with E-state index < -0.39 is 11.7 Å². The molecule has 1 aliphatic rings. The third-order valence-corrected chi connectivity index (χ3v) is 3.60. The fourth-order valence-corrected chi connectivity index (χ4v) is 2.11. The van der Waals surface area contributed by atoms with Crippen molar-refractivity contribution in [3.8, 4) is 0 Å². The van der Waals surface area contributed by atoms with Crippen LogP contribution in [0.2, 0.25) is 0 Å². The first-order valence-electron chi connectivity index (χ1n) is 6.45. The molecule has 4 heteroatoms. The van der Waals surface area contributed by atoms with Gasteiger partial charge in [0.05, 0.1) is 17.8 Å². The van der Waals surface area contributed by atoms with Crippen LogP contribution in [-0.4, -0.2) is 24.0 Å². The number of nitrogens with zero attached hydrogens (tertiary/aromatic N) is 1. The lowest BCUT2D eigenvalue weighted by Crippen LogP contribution is -2.36. The van der Waals surface area contributed by atoms with Gasteiger partial charge in [0, 0.05) is 5.92 Å². The zero-order valence-corrected chi connectivity index (χ0v) is 11.4. The molecule has 0 N–H and O–H groups in total. The average molecular weight is 259 g/mol. The van der Waals surface area contributed by atoms with Crippen molar-refractivity contribution in [1.82, 2.24) is 0 Å². The molecule has 0 spiro atoms. The van der Waals surface area contributed by atoms with Gasteiger partial charge in [0.2, 0.25) is 0 Å². The molecule has 0 aliphatic carbocycles. The summed E-state index contributed by atoms with van der Waals surface area (Å²) >= 11 is 0. The summed E-state index contributed by atoms with van der Waals surface area (Å²) in [7, 11) is 0.